The monoisotopic (exact) mass is 366 g/mol. The SMILES string of the molecule is CCC(C)COc1cc(C(=O)NN)c(OCC(C)CC)cc1C(=O)NN. The van der Waals surface area contributed by atoms with Gasteiger partial charge in [-0.25, -0.2) is 11.7 Å². The molecule has 0 aliphatic heterocycles. The standard InChI is InChI=1S/C18H30N4O4/c1-5-11(3)9-25-15-7-14(18(24)22-20)16(26-10-12(4)6-2)8-13(15)17(23)21-19/h7-8,11-12H,5-6,9-10,19-20H2,1-4H3,(H,21,23)(H,22,24). The molecule has 1 rings (SSSR count). The third-order valence-corrected chi connectivity index (χ3v) is 4.27. The number of nitrogen functional groups attached to an aromatic ring is 2. The number of hydrazine groups is 2. The summed E-state index contributed by atoms with van der Waals surface area (Å²) in [6.07, 6.45) is 1.84. The largest absolute Gasteiger partial charge is 0.492 e. The van der Waals surface area contributed by atoms with Gasteiger partial charge in [0.05, 0.1) is 24.3 Å². The van der Waals surface area contributed by atoms with E-state index in [4.69, 9.17) is 21.2 Å². The molecule has 146 valence electrons. The van der Waals surface area contributed by atoms with Crippen molar-refractivity contribution in [2.45, 2.75) is 40.5 Å². The summed E-state index contributed by atoms with van der Waals surface area (Å²) in [5.41, 5.74) is 4.57. The van der Waals surface area contributed by atoms with Gasteiger partial charge in [-0.3, -0.25) is 20.4 Å². The highest BCUT2D eigenvalue weighted by Crippen LogP contribution is 2.30. The summed E-state index contributed by atoms with van der Waals surface area (Å²) in [4.78, 5) is 24.3. The molecule has 26 heavy (non-hydrogen) atoms. The van der Waals surface area contributed by atoms with Gasteiger partial charge in [-0.15, -0.1) is 0 Å². The molecule has 0 fully saturated rings. The minimum Gasteiger partial charge on any atom is -0.492 e. The highest BCUT2D eigenvalue weighted by Gasteiger charge is 2.21. The number of nitrogens with two attached hydrogens (primary N) is 2. The molecule has 0 aliphatic carbocycles. The Kier molecular flexibility index (Phi) is 8.87. The second-order valence-corrected chi connectivity index (χ2v) is 6.44. The summed E-state index contributed by atoms with van der Waals surface area (Å²) >= 11 is 0. The van der Waals surface area contributed by atoms with Crippen LogP contribution in [0.2, 0.25) is 0 Å². The van der Waals surface area contributed by atoms with Crippen molar-refractivity contribution in [2.75, 3.05) is 13.2 Å². The number of benzene rings is 1. The molecule has 0 saturated carbocycles. The van der Waals surface area contributed by atoms with E-state index in [1.807, 2.05) is 27.7 Å². The lowest BCUT2D eigenvalue weighted by Gasteiger charge is -2.19. The van der Waals surface area contributed by atoms with Crippen LogP contribution in [0.25, 0.3) is 0 Å². The van der Waals surface area contributed by atoms with E-state index in [-0.39, 0.29) is 34.5 Å². The molecule has 0 heterocycles. The van der Waals surface area contributed by atoms with Gasteiger partial charge >= 0.3 is 0 Å². The zero-order valence-corrected chi connectivity index (χ0v) is 15.9. The summed E-state index contributed by atoms with van der Waals surface area (Å²) in [7, 11) is 0. The van der Waals surface area contributed by atoms with Gasteiger partial charge in [-0.2, -0.15) is 0 Å². The zero-order valence-electron chi connectivity index (χ0n) is 15.9. The number of carbonyl (C=O) groups is 2. The summed E-state index contributed by atoms with van der Waals surface area (Å²) in [6.45, 7) is 8.94. The fourth-order valence-corrected chi connectivity index (χ4v) is 2.01. The first kappa shape index (κ1) is 21.7. The Morgan fingerprint density at radius 3 is 1.50 bits per heavy atom. The maximum absolute atomic E-state index is 12.1. The molecule has 0 radical (unpaired) electrons. The number of nitrogens with one attached hydrogen (secondary N) is 2. The summed E-state index contributed by atoms with van der Waals surface area (Å²) < 4.78 is 11.5. The second kappa shape index (κ2) is 10.6. The fraction of sp³-hybridized carbons (Fsp3) is 0.556. The molecule has 2 unspecified atom stereocenters. The Morgan fingerprint density at radius 1 is 0.885 bits per heavy atom. The summed E-state index contributed by atoms with van der Waals surface area (Å²) in [5.74, 6) is 10.6. The Hall–Kier alpha value is -2.32. The van der Waals surface area contributed by atoms with Crippen molar-refractivity contribution in [3.05, 3.63) is 23.3 Å². The van der Waals surface area contributed by atoms with Crippen molar-refractivity contribution in [1.82, 2.24) is 10.9 Å². The van der Waals surface area contributed by atoms with E-state index in [2.05, 4.69) is 10.9 Å². The average Bonchev–Trinajstić information content (AvgIpc) is 2.68. The molecular formula is C18H30N4O4. The van der Waals surface area contributed by atoms with Crippen molar-refractivity contribution in [1.29, 1.82) is 0 Å². The van der Waals surface area contributed by atoms with E-state index >= 15 is 0 Å². The van der Waals surface area contributed by atoms with Crippen LogP contribution in [0, 0.1) is 11.8 Å². The molecule has 6 N–H and O–H groups in total. The van der Waals surface area contributed by atoms with Crippen LogP contribution in [0.3, 0.4) is 0 Å². The lowest BCUT2D eigenvalue weighted by molar-refractivity contribution is 0.0933. The van der Waals surface area contributed by atoms with Crippen LogP contribution in [-0.4, -0.2) is 25.0 Å². The van der Waals surface area contributed by atoms with E-state index in [0.717, 1.165) is 12.8 Å². The Balaban J connectivity index is 3.30. The number of hydrogen-bond acceptors (Lipinski definition) is 6. The lowest BCUT2D eigenvalue weighted by Crippen LogP contribution is -2.32. The molecule has 8 heteroatoms. The normalized spacial score (nSPS) is 12.8. The predicted octanol–water partition coefficient (Wildman–Crippen LogP) is 1.74. The minimum atomic E-state index is -0.530. The number of ether oxygens (including phenoxy) is 2. The Labute approximate surface area is 154 Å². The van der Waals surface area contributed by atoms with Gasteiger partial charge in [-0.05, 0) is 24.0 Å². The molecular weight excluding hydrogens is 336 g/mol. The van der Waals surface area contributed by atoms with Crippen molar-refractivity contribution in [3.8, 4) is 11.5 Å². The zero-order chi connectivity index (χ0) is 19.7. The first-order chi connectivity index (χ1) is 12.4. The van der Waals surface area contributed by atoms with Crippen molar-refractivity contribution in [3.63, 3.8) is 0 Å². The van der Waals surface area contributed by atoms with Crippen molar-refractivity contribution >= 4 is 11.8 Å². The van der Waals surface area contributed by atoms with Gasteiger partial charge in [-0.1, -0.05) is 40.5 Å². The first-order valence-electron chi connectivity index (χ1n) is 8.83. The molecule has 2 atom stereocenters. The van der Waals surface area contributed by atoms with Gasteiger partial charge in [0.25, 0.3) is 11.8 Å². The van der Waals surface area contributed by atoms with Crippen molar-refractivity contribution < 1.29 is 19.1 Å². The molecule has 1 aromatic rings. The predicted molar refractivity (Wildman–Crippen MR) is 99.6 cm³/mol. The molecule has 1 aromatic carbocycles. The topological polar surface area (TPSA) is 129 Å². The van der Waals surface area contributed by atoms with Crippen LogP contribution < -0.4 is 32.0 Å². The average molecular weight is 366 g/mol. The second-order valence-electron chi connectivity index (χ2n) is 6.44. The first-order valence-corrected chi connectivity index (χ1v) is 8.83. The Bertz CT molecular complexity index is 568. The van der Waals surface area contributed by atoms with Gasteiger partial charge in [0.15, 0.2) is 0 Å². The van der Waals surface area contributed by atoms with E-state index in [9.17, 15) is 9.59 Å². The van der Waals surface area contributed by atoms with Crippen LogP contribution >= 0.6 is 0 Å². The maximum Gasteiger partial charge on any atom is 0.269 e. The highest BCUT2D eigenvalue weighted by atomic mass is 16.5. The van der Waals surface area contributed by atoms with Gasteiger partial charge in [0.1, 0.15) is 11.5 Å². The third-order valence-electron chi connectivity index (χ3n) is 4.27. The number of hydrogen-bond donors (Lipinski definition) is 4. The molecule has 0 aliphatic rings. The van der Waals surface area contributed by atoms with E-state index in [1.54, 1.807) is 0 Å². The van der Waals surface area contributed by atoms with Gasteiger partial charge in [0.2, 0.25) is 0 Å². The van der Waals surface area contributed by atoms with Crippen LogP contribution in [-0.2, 0) is 0 Å². The molecule has 0 saturated heterocycles. The van der Waals surface area contributed by atoms with E-state index in [1.165, 1.54) is 12.1 Å². The maximum atomic E-state index is 12.1. The number of carbonyl (C=O) groups excluding carboxylic acids is 2. The van der Waals surface area contributed by atoms with Gasteiger partial charge in [0, 0.05) is 0 Å². The number of rotatable bonds is 10. The summed E-state index contributed by atoms with van der Waals surface area (Å²) in [6, 6.07) is 2.92. The third kappa shape index (κ3) is 5.89. The molecule has 0 bridgehead atoms. The fourth-order valence-electron chi connectivity index (χ4n) is 2.01. The lowest BCUT2D eigenvalue weighted by atomic mass is 10.1. The molecule has 8 nitrogen and oxygen atoms in total. The molecule has 2 amide bonds. The molecule has 0 aromatic heterocycles. The molecule has 0 spiro atoms. The Morgan fingerprint density at radius 2 is 1.23 bits per heavy atom. The van der Waals surface area contributed by atoms with Crippen LogP contribution in [0.5, 0.6) is 11.5 Å². The van der Waals surface area contributed by atoms with E-state index < -0.39 is 11.8 Å². The van der Waals surface area contributed by atoms with Crippen LogP contribution in [0.4, 0.5) is 0 Å². The van der Waals surface area contributed by atoms with Gasteiger partial charge < -0.3 is 9.47 Å². The quantitative estimate of drug-likeness (QED) is 0.284. The number of amides is 2. The summed E-state index contributed by atoms with van der Waals surface area (Å²) in [5, 5.41) is 0. The smallest absolute Gasteiger partial charge is 0.269 e. The highest BCUT2D eigenvalue weighted by molar-refractivity contribution is 6.02. The van der Waals surface area contributed by atoms with E-state index in [0.29, 0.717) is 13.2 Å². The van der Waals surface area contributed by atoms with Crippen molar-refractivity contribution in [2.24, 2.45) is 23.5 Å². The van der Waals surface area contributed by atoms with Crippen LogP contribution in [0.1, 0.15) is 61.3 Å². The van der Waals surface area contributed by atoms with Crippen LogP contribution in [0.15, 0.2) is 12.1 Å². The minimum absolute atomic E-state index is 0.198.